The van der Waals surface area contributed by atoms with Crippen LogP contribution >= 0.6 is 23.1 Å². The van der Waals surface area contributed by atoms with E-state index < -0.39 is 0 Å². The van der Waals surface area contributed by atoms with Crippen molar-refractivity contribution in [3.63, 3.8) is 0 Å². The van der Waals surface area contributed by atoms with Gasteiger partial charge >= 0.3 is 0 Å². The van der Waals surface area contributed by atoms with Crippen LogP contribution in [-0.2, 0) is 6.42 Å². The van der Waals surface area contributed by atoms with Gasteiger partial charge in [0.1, 0.15) is 4.88 Å². The van der Waals surface area contributed by atoms with Gasteiger partial charge in [-0.15, -0.1) is 21.5 Å². The Morgan fingerprint density at radius 1 is 1.24 bits per heavy atom. The number of hydrogen-bond donors (Lipinski definition) is 0. The molecule has 2 heterocycles. The van der Waals surface area contributed by atoms with Crippen molar-refractivity contribution in [1.29, 1.82) is 0 Å². The lowest BCUT2D eigenvalue weighted by molar-refractivity contribution is 0.0993. The van der Waals surface area contributed by atoms with E-state index in [1.54, 1.807) is 0 Å². The molecule has 1 unspecified atom stereocenters. The van der Waals surface area contributed by atoms with Gasteiger partial charge in [-0.1, -0.05) is 43.0 Å². The van der Waals surface area contributed by atoms with E-state index in [4.69, 9.17) is 4.42 Å². The predicted molar refractivity (Wildman–Crippen MR) is 100 cm³/mol. The van der Waals surface area contributed by atoms with E-state index in [0.29, 0.717) is 16.7 Å². The predicted octanol–water partition coefficient (Wildman–Crippen LogP) is 4.74. The molecule has 1 atom stereocenters. The summed E-state index contributed by atoms with van der Waals surface area (Å²) in [7, 11) is 0. The van der Waals surface area contributed by atoms with E-state index in [2.05, 4.69) is 22.1 Å². The van der Waals surface area contributed by atoms with Crippen molar-refractivity contribution in [2.75, 3.05) is 0 Å². The normalized spacial score (nSPS) is 12.3. The van der Waals surface area contributed by atoms with Crippen molar-refractivity contribution in [2.45, 2.75) is 44.6 Å². The molecule has 0 N–H and O–H groups in total. The second-order valence-corrected chi connectivity index (χ2v) is 8.19. The Bertz CT molecular complexity index is 884. The Labute approximate surface area is 154 Å². The Hall–Kier alpha value is -1.99. The lowest BCUT2D eigenvalue weighted by atomic mass is 10.1. The average molecular weight is 374 g/mol. The Morgan fingerprint density at radius 2 is 1.96 bits per heavy atom. The Balaban J connectivity index is 1.71. The fraction of sp³-hybridized carbons (Fsp3) is 0.333. The maximum atomic E-state index is 12.6. The minimum Gasteiger partial charge on any atom is -0.410 e. The largest absolute Gasteiger partial charge is 0.410 e. The first-order valence-electron chi connectivity index (χ1n) is 8.05. The van der Waals surface area contributed by atoms with Gasteiger partial charge in [0.15, 0.2) is 5.78 Å². The van der Waals surface area contributed by atoms with E-state index >= 15 is 0 Å². The average Bonchev–Trinajstić information content (AvgIpc) is 3.20. The fourth-order valence-electron chi connectivity index (χ4n) is 2.42. The van der Waals surface area contributed by atoms with Crippen molar-refractivity contribution in [1.82, 2.24) is 15.2 Å². The number of aryl methyl sites for hydroxylation is 3. The molecule has 0 spiro atoms. The molecule has 0 bridgehead atoms. The summed E-state index contributed by atoms with van der Waals surface area (Å²) in [5, 5.41) is 9.20. The molecular weight excluding hydrogens is 354 g/mol. The minimum absolute atomic E-state index is 0.0530. The van der Waals surface area contributed by atoms with Crippen molar-refractivity contribution in [3.05, 3.63) is 46.1 Å². The maximum absolute atomic E-state index is 12.6. The number of thiazole rings is 1. The molecule has 7 heteroatoms. The highest BCUT2D eigenvalue weighted by Crippen LogP contribution is 2.32. The molecule has 3 rings (SSSR count). The summed E-state index contributed by atoms with van der Waals surface area (Å²) in [4.78, 5) is 17.8. The van der Waals surface area contributed by atoms with Crippen LogP contribution in [0.1, 0.15) is 40.5 Å². The summed E-state index contributed by atoms with van der Waals surface area (Å²) in [5.41, 5.74) is 2.79. The van der Waals surface area contributed by atoms with Gasteiger partial charge in [0.05, 0.1) is 16.0 Å². The molecule has 0 amide bonds. The molecule has 0 fully saturated rings. The monoisotopic (exact) mass is 373 g/mol. The highest BCUT2D eigenvalue weighted by molar-refractivity contribution is 8.00. The number of carbonyl (C=O) groups excluding carboxylic acids is 1. The van der Waals surface area contributed by atoms with Crippen LogP contribution in [0.4, 0.5) is 0 Å². The first-order valence-corrected chi connectivity index (χ1v) is 9.75. The van der Waals surface area contributed by atoms with Crippen LogP contribution in [0.25, 0.3) is 10.8 Å². The summed E-state index contributed by atoms with van der Waals surface area (Å²) in [6.07, 6.45) is 0.958. The molecule has 0 saturated carbocycles. The molecule has 0 radical (unpaired) electrons. The first-order chi connectivity index (χ1) is 12.0. The third-order valence-electron chi connectivity index (χ3n) is 3.80. The number of carbonyl (C=O) groups is 1. The van der Waals surface area contributed by atoms with Crippen molar-refractivity contribution in [3.8, 4) is 10.8 Å². The summed E-state index contributed by atoms with van der Waals surface area (Å²) in [5.74, 6) is 0.509. The number of hydrogen-bond acceptors (Lipinski definition) is 7. The molecule has 5 nitrogen and oxygen atoms in total. The van der Waals surface area contributed by atoms with Crippen LogP contribution in [0.2, 0.25) is 0 Å². The smallest absolute Gasteiger partial charge is 0.277 e. The molecule has 25 heavy (non-hydrogen) atoms. The minimum atomic E-state index is -0.301. The second-order valence-electron chi connectivity index (χ2n) is 5.70. The van der Waals surface area contributed by atoms with Gasteiger partial charge in [0, 0.05) is 5.56 Å². The molecule has 2 aromatic heterocycles. The van der Waals surface area contributed by atoms with Crippen LogP contribution in [0, 0.1) is 13.8 Å². The molecule has 0 aliphatic rings. The van der Waals surface area contributed by atoms with Crippen LogP contribution in [0.15, 0.2) is 33.9 Å². The molecule has 0 saturated heterocycles. The number of Topliss-reactive ketones (excluding diaryl/α,β-unsaturated/α-hetero) is 1. The number of thioether (sulfide) groups is 1. The van der Waals surface area contributed by atoms with Crippen molar-refractivity contribution >= 4 is 28.9 Å². The molecule has 0 aliphatic heterocycles. The zero-order valence-corrected chi connectivity index (χ0v) is 16.2. The van der Waals surface area contributed by atoms with Crippen LogP contribution in [0.5, 0.6) is 0 Å². The number of benzene rings is 1. The zero-order chi connectivity index (χ0) is 18.0. The van der Waals surface area contributed by atoms with Gasteiger partial charge in [-0.2, -0.15) is 0 Å². The van der Waals surface area contributed by atoms with E-state index in [9.17, 15) is 4.79 Å². The van der Waals surface area contributed by atoms with Crippen LogP contribution < -0.4 is 0 Å². The number of aromatic nitrogens is 3. The Morgan fingerprint density at radius 3 is 2.56 bits per heavy atom. The Kier molecular flexibility index (Phi) is 5.34. The molecule has 0 aliphatic carbocycles. The lowest BCUT2D eigenvalue weighted by Gasteiger charge is -2.08. The van der Waals surface area contributed by atoms with Gasteiger partial charge in [-0.3, -0.25) is 4.79 Å². The lowest BCUT2D eigenvalue weighted by Crippen LogP contribution is -2.13. The maximum Gasteiger partial charge on any atom is 0.277 e. The highest BCUT2D eigenvalue weighted by Gasteiger charge is 2.21. The third-order valence-corrected chi connectivity index (χ3v) is 5.79. The van der Waals surface area contributed by atoms with E-state index in [0.717, 1.165) is 22.0 Å². The quantitative estimate of drug-likeness (QED) is 0.459. The molecular formula is C18H19N3O2S2. The van der Waals surface area contributed by atoms with Crippen molar-refractivity contribution < 1.29 is 9.21 Å². The third kappa shape index (κ3) is 3.99. The summed E-state index contributed by atoms with van der Waals surface area (Å²) >= 11 is 2.80. The van der Waals surface area contributed by atoms with Gasteiger partial charge in [0.25, 0.3) is 11.1 Å². The topological polar surface area (TPSA) is 68.9 Å². The van der Waals surface area contributed by atoms with E-state index in [1.165, 1.54) is 28.7 Å². The van der Waals surface area contributed by atoms with E-state index in [1.807, 2.05) is 45.0 Å². The van der Waals surface area contributed by atoms with Gasteiger partial charge in [0.2, 0.25) is 0 Å². The standard InChI is InChI=1S/C18H19N3O2S2/c1-5-13-6-8-14(9-7-13)15(22)11(3)24-18-21-20-17(23-18)16-10(2)19-12(4)25-16/h6-9,11H,5H2,1-4H3. The van der Waals surface area contributed by atoms with Crippen molar-refractivity contribution in [2.24, 2.45) is 0 Å². The highest BCUT2D eigenvalue weighted by atomic mass is 32.2. The SMILES string of the molecule is CCc1ccc(C(=O)C(C)Sc2nnc(-c3sc(C)nc3C)o2)cc1. The molecule has 3 aromatic rings. The summed E-state index contributed by atoms with van der Waals surface area (Å²) in [6.45, 7) is 7.81. The number of rotatable bonds is 6. The number of ketones is 1. The first kappa shape index (κ1) is 17.8. The summed E-state index contributed by atoms with van der Waals surface area (Å²) < 4.78 is 5.72. The molecule has 130 valence electrons. The van der Waals surface area contributed by atoms with E-state index in [-0.39, 0.29) is 11.0 Å². The second kappa shape index (κ2) is 7.49. The van der Waals surface area contributed by atoms with Gasteiger partial charge in [-0.05, 0) is 32.8 Å². The molecule has 1 aromatic carbocycles. The van der Waals surface area contributed by atoms with Crippen LogP contribution in [0.3, 0.4) is 0 Å². The zero-order valence-electron chi connectivity index (χ0n) is 14.6. The van der Waals surface area contributed by atoms with Crippen LogP contribution in [-0.4, -0.2) is 26.2 Å². The summed E-state index contributed by atoms with van der Waals surface area (Å²) in [6, 6.07) is 7.73. The van der Waals surface area contributed by atoms with Gasteiger partial charge < -0.3 is 4.42 Å². The van der Waals surface area contributed by atoms with Gasteiger partial charge in [-0.25, -0.2) is 4.98 Å². The number of nitrogens with zero attached hydrogens (tertiary/aromatic N) is 3. The fourth-order valence-corrected chi connectivity index (χ4v) is 4.02.